The fourth-order valence-electron chi connectivity index (χ4n) is 3.25. The number of carbonyl (C=O) groups excluding carboxylic acids is 4. The van der Waals surface area contributed by atoms with Gasteiger partial charge in [0.25, 0.3) is 5.91 Å². The van der Waals surface area contributed by atoms with Gasteiger partial charge >= 0.3 is 12.1 Å². The molecule has 3 rings (SSSR count). The average molecular weight is 473 g/mol. The highest BCUT2D eigenvalue weighted by Crippen LogP contribution is 2.30. The highest BCUT2D eigenvalue weighted by Gasteiger charge is 2.49. The maximum absolute atomic E-state index is 12.9. The van der Waals surface area contributed by atoms with Crippen molar-refractivity contribution in [2.45, 2.75) is 26.3 Å². The number of hydrogen-bond acceptors (Lipinski definition) is 4. The summed E-state index contributed by atoms with van der Waals surface area (Å²) in [6.45, 7) is 4.76. The number of nitrogens with zero attached hydrogens (tertiary/aromatic N) is 1. The lowest BCUT2D eigenvalue weighted by atomic mass is 9.92. The maximum atomic E-state index is 12.9. The van der Waals surface area contributed by atoms with Crippen LogP contribution in [0.15, 0.2) is 46.9 Å². The third-order valence-electron chi connectivity index (χ3n) is 4.86. The van der Waals surface area contributed by atoms with Crippen LogP contribution >= 0.6 is 15.9 Å². The van der Waals surface area contributed by atoms with Gasteiger partial charge in [0.15, 0.2) is 0 Å². The van der Waals surface area contributed by atoms with Gasteiger partial charge in [-0.1, -0.05) is 45.8 Å². The summed E-state index contributed by atoms with van der Waals surface area (Å²) in [5, 5.41) is 7.35. The van der Waals surface area contributed by atoms with Gasteiger partial charge in [-0.25, -0.2) is 9.59 Å². The Labute approximate surface area is 182 Å². The van der Waals surface area contributed by atoms with Crippen LogP contribution in [0, 0.1) is 13.8 Å². The first-order chi connectivity index (χ1) is 14.1. The molecule has 0 aromatic heterocycles. The van der Waals surface area contributed by atoms with Crippen molar-refractivity contribution in [3.8, 4) is 0 Å². The second-order valence-electron chi connectivity index (χ2n) is 7.28. The third-order valence-corrected chi connectivity index (χ3v) is 5.35. The minimum atomic E-state index is -1.30. The van der Waals surface area contributed by atoms with E-state index in [1.54, 1.807) is 37.3 Å². The van der Waals surface area contributed by atoms with Crippen molar-refractivity contribution in [1.29, 1.82) is 0 Å². The summed E-state index contributed by atoms with van der Waals surface area (Å²) in [5.74, 6) is -1.35. The molecule has 6 amide bonds. The number of carbonyl (C=O) groups is 4. The van der Waals surface area contributed by atoms with Crippen LogP contribution in [-0.4, -0.2) is 35.3 Å². The van der Waals surface area contributed by atoms with Crippen molar-refractivity contribution >= 4 is 45.5 Å². The van der Waals surface area contributed by atoms with Crippen molar-refractivity contribution in [2.75, 3.05) is 11.9 Å². The van der Waals surface area contributed by atoms with Crippen molar-refractivity contribution in [1.82, 2.24) is 15.5 Å². The van der Waals surface area contributed by atoms with E-state index in [1.165, 1.54) is 0 Å². The molecule has 1 saturated heterocycles. The number of urea groups is 2. The van der Waals surface area contributed by atoms with Crippen LogP contribution in [0.25, 0.3) is 0 Å². The second kappa shape index (κ2) is 8.27. The van der Waals surface area contributed by atoms with Gasteiger partial charge in [-0.15, -0.1) is 0 Å². The SMILES string of the molecule is Cc1ccc(NC(=O)NC(=O)CN2C(=O)NC(C)(c3cccc(Br)c3)C2=O)c(C)c1. The third kappa shape index (κ3) is 4.35. The monoisotopic (exact) mass is 472 g/mol. The molecule has 1 aliphatic rings. The van der Waals surface area contributed by atoms with E-state index in [0.717, 1.165) is 20.5 Å². The van der Waals surface area contributed by atoms with E-state index < -0.39 is 36.0 Å². The molecule has 0 aliphatic carbocycles. The Bertz CT molecular complexity index is 1060. The zero-order valence-corrected chi connectivity index (χ0v) is 18.3. The number of halogens is 1. The van der Waals surface area contributed by atoms with E-state index in [0.29, 0.717) is 11.3 Å². The number of hydrogen-bond donors (Lipinski definition) is 3. The van der Waals surface area contributed by atoms with Gasteiger partial charge in [0.1, 0.15) is 12.1 Å². The summed E-state index contributed by atoms with van der Waals surface area (Å²) in [5.41, 5.74) is 1.72. The topological polar surface area (TPSA) is 108 Å². The van der Waals surface area contributed by atoms with Crippen LogP contribution in [0.1, 0.15) is 23.6 Å². The van der Waals surface area contributed by atoms with E-state index in [4.69, 9.17) is 0 Å². The minimum absolute atomic E-state index is 0.558. The first kappa shape index (κ1) is 21.5. The van der Waals surface area contributed by atoms with Crippen molar-refractivity contribution in [2.24, 2.45) is 0 Å². The summed E-state index contributed by atoms with van der Waals surface area (Å²) in [6.07, 6.45) is 0. The maximum Gasteiger partial charge on any atom is 0.325 e. The van der Waals surface area contributed by atoms with Gasteiger partial charge in [0.2, 0.25) is 5.91 Å². The lowest BCUT2D eigenvalue weighted by Gasteiger charge is -2.22. The number of anilines is 1. The molecular formula is C21H21BrN4O4. The Morgan fingerprint density at radius 3 is 2.53 bits per heavy atom. The quantitative estimate of drug-likeness (QED) is 0.593. The molecule has 2 aromatic carbocycles. The first-order valence-electron chi connectivity index (χ1n) is 9.18. The molecule has 1 unspecified atom stereocenters. The molecule has 1 fully saturated rings. The highest BCUT2D eigenvalue weighted by atomic mass is 79.9. The second-order valence-corrected chi connectivity index (χ2v) is 8.19. The molecular weight excluding hydrogens is 452 g/mol. The largest absolute Gasteiger partial charge is 0.325 e. The van der Waals surface area contributed by atoms with Gasteiger partial charge in [-0.2, -0.15) is 0 Å². The summed E-state index contributed by atoms with van der Waals surface area (Å²) in [4.78, 5) is 50.4. The molecule has 8 nitrogen and oxygen atoms in total. The van der Waals surface area contributed by atoms with Crippen LogP contribution in [0.4, 0.5) is 15.3 Å². The zero-order valence-electron chi connectivity index (χ0n) is 16.7. The average Bonchev–Trinajstić information content (AvgIpc) is 2.88. The normalized spacial score (nSPS) is 18.2. The Balaban J connectivity index is 1.65. The number of amides is 6. The minimum Gasteiger partial charge on any atom is -0.319 e. The van der Waals surface area contributed by atoms with E-state index in [2.05, 4.69) is 31.9 Å². The van der Waals surface area contributed by atoms with E-state index in [-0.39, 0.29) is 0 Å². The van der Waals surface area contributed by atoms with Gasteiger partial charge in [-0.3, -0.25) is 19.8 Å². The Kier molecular flexibility index (Phi) is 5.93. The summed E-state index contributed by atoms with van der Waals surface area (Å²) >= 11 is 3.34. The molecule has 3 N–H and O–H groups in total. The number of rotatable bonds is 4. The Morgan fingerprint density at radius 1 is 1.13 bits per heavy atom. The summed E-state index contributed by atoms with van der Waals surface area (Å²) in [6, 6.07) is 11.0. The van der Waals surface area contributed by atoms with E-state index >= 15 is 0 Å². The molecule has 0 saturated carbocycles. The lowest BCUT2D eigenvalue weighted by molar-refractivity contribution is -0.134. The van der Waals surface area contributed by atoms with Crippen LogP contribution in [0.3, 0.4) is 0 Å². The number of nitrogens with one attached hydrogen (secondary N) is 3. The molecule has 2 aromatic rings. The molecule has 1 atom stereocenters. The first-order valence-corrected chi connectivity index (χ1v) is 9.97. The van der Waals surface area contributed by atoms with E-state index in [1.807, 2.05) is 26.0 Å². The lowest BCUT2D eigenvalue weighted by Crippen LogP contribution is -2.45. The molecule has 0 radical (unpaired) electrons. The van der Waals surface area contributed by atoms with Crippen LogP contribution in [0.5, 0.6) is 0 Å². The predicted molar refractivity (Wildman–Crippen MR) is 115 cm³/mol. The standard InChI is InChI=1S/C21H21BrN4O4/c1-12-7-8-16(13(2)9-12)23-19(29)24-17(27)11-26-18(28)21(3,25-20(26)30)14-5-4-6-15(22)10-14/h4-10H,11H2,1-3H3,(H,25,30)(H2,23,24,27,29). The van der Waals surface area contributed by atoms with Gasteiger partial charge in [0.05, 0.1) is 0 Å². The highest BCUT2D eigenvalue weighted by molar-refractivity contribution is 9.10. The predicted octanol–water partition coefficient (Wildman–Crippen LogP) is 3.18. The molecule has 1 heterocycles. The van der Waals surface area contributed by atoms with Crippen LogP contribution in [-0.2, 0) is 15.1 Å². The molecule has 0 bridgehead atoms. The van der Waals surface area contributed by atoms with Crippen LogP contribution in [0.2, 0.25) is 0 Å². The van der Waals surface area contributed by atoms with Crippen molar-refractivity contribution < 1.29 is 19.2 Å². The zero-order chi connectivity index (χ0) is 22.1. The Hall–Kier alpha value is -3.20. The van der Waals surface area contributed by atoms with Crippen molar-refractivity contribution in [3.05, 3.63) is 63.6 Å². The van der Waals surface area contributed by atoms with Crippen molar-refractivity contribution in [3.63, 3.8) is 0 Å². The van der Waals surface area contributed by atoms with Gasteiger partial charge in [0, 0.05) is 10.2 Å². The fourth-order valence-corrected chi connectivity index (χ4v) is 3.65. The summed E-state index contributed by atoms with van der Waals surface area (Å²) in [7, 11) is 0. The molecule has 9 heteroatoms. The smallest absolute Gasteiger partial charge is 0.319 e. The van der Waals surface area contributed by atoms with Gasteiger partial charge in [-0.05, 0) is 50.1 Å². The number of imide groups is 2. The van der Waals surface area contributed by atoms with E-state index in [9.17, 15) is 19.2 Å². The van der Waals surface area contributed by atoms with Crippen LogP contribution < -0.4 is 16.0 Å². The number of benzene rings is 2. The number of aryl methyl sites for hydroxylation is 2. The Morgan fingerprint density at radius 2 is 1.87 bits per heavy atom. The molecule has 30 heavy (non-hydrogen) atoms. The van der Waals surface area contributed by atoms with Gasteiger partial charge < -0.3 is 10.6 Å². The summed E-state index contributed by atoms with van der Waals surface area (Å²) < 4.78 is 0.752. The fraction of sp³-hybridized carbons (Fsp3) is 0.238. The molecule has 156 valence electrons. The molecule has 1 aliphatic heterocycles. The molecule has 0 spiro atoms.